The van der Waals surface area contributed by atoms with Gasteiger partial charge in [-0.2, -0.15) is 0 Å². The number of methoxy groups -OCH3 is 1. The summed E-state index contributed by atoms with van der Waals surface area (Å²) in [6.07, 6.45) is 2.36. The van der Waals surface area contributed by atoms with Gasteiger partial charge >= 0.3 is 0 Å². The first-order valence-electron chi connectivity index (χ1n) is 7.76. The average molecular weight is 335 g/mol. The third-order valence-electron chi connectivity index (χ3n) is 3.83. The van der Waals surface area contributed by atoms with Crippen LogP contribution >= 0.6 is 0 Å². The maximum atomic E-state index is 10.7. The van der Waals surface area contributed by atoms with Gasteiger partial charge in [0.05, 0.1) is 12.0 Å². The van der Waals surface area contributed by atoms with Crippen LogP contribution in [0, 0.1) is 10.1 Å². The van der Waals surface area contributed by atoms with E-state index in [-0.39, 0.29) is 0 Å². The van der Waals surface area contributed by atoms with E-state index in [0.29, 0.717) is 23.7 Å². The SMILES string of the molecule is COc1ccc2ccc(OCc3ccccc3)cc2c1/C=C/[N+](=O)[O-]. The Balaban J connectivity index is 1.96. The predicted molar refractivity (Wildman–Crippen MR) is 97.3 cm³/mol. The third kappa shape index (κ3) is 3.95. The molecule has 0 atom stereocenters. The number of nitrogens with zero attached hydrogens (tertiary/aromatic N) is 1. The van der Waals surface area contributed by atoms with Crippen LogP contribution in [0.1, 0.15) is 11.1 Å². The Morgan fingerprint density at radius 3 is 2.56 bits per heavy atom. The molecule has 0 radical (unpaired) electrons. The Labute approximate surface area is 145 Å². The summed E-state index contributed by atoms with van der Waals surface area (Å²) in [5, 5.41) is 12.5. The van der Waals surface area contributed by atoms with Crippen LogP contribution in [0.25, 0.3) is 16.8 Å². The highest BCUT2D eigenvalue weighted by Gasteiger charge is 2.09. The van der Waals surface area contributed by atoms with E-state index < -0.39 is 4.92 Å². The van der Waals surface area contributed by atoms with Crippen LogP contribution in [0.5, 0.6) is 11.5 Å². The van der Waals surface area contributed by atoms with Crippen LogP contribution in [0.15, 0.2) is 66.9 Å². The van der Waals surface area contributed by atoms with Gasteiger partial charge in [0.25, 0.3) is 0 Å². The predicted octanol–water partition coefficient (Wildman–Crippen LogP) is 4.67. The lowest BCUT2D eigenvalue weighted by atomic mass is 10.0. The molecule has 0 heterocycles. The van der Waals surface area contributed by atoms with Gasteiger partial charge < -0.3 is 9.47 Å². The lowest BCUT2D eigenvalue weighted by Gasteiger charge is -2.11. The van der Waals surface area contributed by atoms with Gasteiger partial charge in [-0.15, -0.1) is 0 Å². The van der Waals surface area contributed by atoms with Gasteiger partial charge in [-0.05, 0) is 34.5 Å². The van der Waals surface area contributed by atoms with Crippen molar-refractivity contribution in [3.05, 3.63) is 88.1 Å². The number of benzene rings is 3. The fourth-order valence-electron chi connectivity index (χ4n) is 2.62. The smallest absolute Gasteiger partial charge is 0.235 e. The van der Waals surface area contributed by atoms with Crippen molar-refractivity contribution in [1.29, 1.82) is 0 Å². The third-order valence-corrected chi connectivity index (χ3v) is 3.83. The Hall–Kier alpha value is -3.34. The minimum Gasteiger partial charge on any atom is -0.496 e. The van der Waals surface area contributed by atoms with E-state index in [9.17, 15) is 10.1 Å². The Kier molecular flexibility index (Phi) is 4.95. The fourth-order valence-corrected chi connectivity index (χ4v) is 2.62. The first-order chi connectivity index (χ1) is 12.2. The van der Waals surface area contributed by atoms with Gasteiger partial charge in [-0.3, -0.25) is 10.1 Å². The number of ether oxygens (including phenoxy) is 2. The molecule has 0 N–H and O–H groups in total. The molecule has 0 aromatic heterocycles. The van der Waals surface area contributed by atoms with Crippen LogP contribution in [-0.2, 0) is 6.61 Å². The summed E-state index contributed by atoms with van der Waals surface area (Å²) in [5.41, 5.74) is 1.73. The normalized spacial score (nSPS) is 10.9. The molecule has 0 unspecified atom stereocenters. The summed E-state index contributed by atoms with van der Waals surface area (Å²) in [7, 11) is 1.54. The summed E-state index contributed by atoms with van der Waals surface area (Å²) >= 11 is 0. The lowest BCUT2D eigenvalue weighted by molar-refractivity contribution is -0.400. The van der Waals surface area contributed by atoms with Crippen molar-refractivity contribution >= 4 is 16.8 Å². The minimum absolute atomic E-state index is 0.455. The van der Waals surface area contributed by atoms with Crippen LogP contribution in [0.4, 0.5) is 0 Å². The Morgan fingerprint density at radius 2 is 1.84 bits per heavy atom. The largest absolute Gasteiger partial charge is 0.496 e. The van der Waals surface area contributed by atoms with E-state index in [1.165, 1.54) is 6.08 Å². The van der Waals surface area contributed by atoms with E-state index in [1.807, 2.05) is 54.6 Å². The summed E-state index contributed by atoms with van der Waals surface area (Å²) in [4.78, 5) is 10.2. The number of hydrogen-bond acceptors (Lipinski definition) is 4. The zero-order chi connectivity index (χ0) is 17.6. The standard InChI is InChI=1S/C20H17NO4/c1-24-20-10-8-16-7-9-17(25-14-15-5-3-2-4-6-15)13-19(16)18(20)11-12-21(22)23/h2-13H,14H2,1H3/b12-11+. The average Bonchev–Trinajstić information content (AvgIpc) is 2.64. The molecule has 0 aliphatic heterocycles. The van der Waals surface area contributed by atoms with Gasteiger partial charge in [0.2, 0.25) is 6.20 Å². The molecule has 0 saturated heterocycles. The highest BCUT2D eigenvalue weighted by atomic mass is 16.6. The van der Waals surface area contributed by atoms with Crippen molar-refractivity contribution in [3.63, 3.8) is 0 Å². The molecule has 25 heavy (non-hydrogen) atoms. The zero-order valence-corrected chi connectivity index (χ0v) is 13.7. The summed E-state index contributed by atoms with van der Waals surface area (Å²) < 4.78 is 11.2. The van der Waals surface area contributed by atoms with Crippen LogP contribution in [0.3, 0.4) is 0 Å². The van der Waals surface area contributed by atoms with E-state index in [1.54, 1.807) is 13.2 Å². The molecular weight excluding hydrogens is 318 g/mol. The second kappa shape index (κ2) is 7.49. The van der Waals surface area contributed by atoms with Gasteiger partial charge in [0.15, 0.2) is 0 Å². The molecule has 3 aromatic carbocycles. The molecule has 5 heteroatoms. The van der Waals surface area contributed by atoms with Crippen molar-refractivity contribution < 1.29 is 14.4 Å². The first kappa shape index (κ1) is 16.5. The van der Waals surface area contributed by atoms with E-state index in [0.717, 1.165) is 22.5 Å². The van der Waals surface area contributed by atoms with Crippen molar-refractivity contribution in [2.45, 2.75) is 6.61 Å². The highest BCUT2D eigenvalue weighted by Crippen LogP contribution is 2.32. The maximum Gasteiger partial charge on any atom is 0.235 e. The molecule has 126 valence electrons. The molecular formula is C20H17NO4. The molecule has 0 amide bonds. The van der Waals surface area contributed by atoms with Crippen molar-refractivity contribution in [1.82, 2.24) is 0 Å². The summed E-state index contributed by atoms with van der Waals surface area (Å²) in [5.74, 6) is 1.27. The van der Waals surface area contributed by atoms with E-state index in [4.69, 9.17) is 9.47 Å². The van der Waals surface area contributed by atoms with Crippen molar-refractivity contribution in [2.24, 2.45) is 0 Å². The topological polar surface area (TPSA) is 61.6 Å². The second-order valence-corrected chi connectivity index (χ2v) is 5.44. The molecule has 5 nitrogen and oxygen atoms in total. The molecule has 0 spiro atoms. The maximum absolute atomic E-state index is 10.7. The molecule has 0 aliphatic carbocycles. The van der Waals surface area contributed by atoms with Gasteiger partial charge in [-0.25, -0.2) is 0 Å². The van der Waals surface area contributed by atoms with Crippen molar-refractivity contribution in [3.8, 4) is 11.5 Å². The zero-order valence-electron chi connectivity index (χ0n) is 13.7. The fraction of sp³-hybridized carbons (Fsp3) is 0.100. The number of rotatable bonds is 6. The van der Waals surface area contributed by atoms with Crippen LogP contribution < -0.4 is 9.47 Å². The molecule has 0 saturated carbocycles. The molecule has 3 rings (SSSR count). The Bertz CT molecular complexity index is 920. The summed E-state index contributed by atoms with van der Waals surface area (Å²) in [6.45, 7) is 0.455. The van der Waals surface area contributed by atoms with Gasteiger partial charge in [0, 0.05) is 11.6 Å². The van der Waals surface area contributed by atoms with E-state index in [2.05, 4.69) is 0 Å². The minimum atomic E-state index is -0.492. The molecule has 3 aromatic rings. The number of hydrogen-bond donors (Lipinski definition) is 0. The van der Waals surface area contributed by atoms with Crippen LogP contribution in [0.2, 0.25) is 0 Å². The highest BCUT2D eigenvalue weighted by molar-refractivity contribution is 5.94. The van der Waals surface area contributed by atoms with Crippen LogP contribution in [-0.4, -0.2) is 12.0 Å². The van der Waals surface area contributed by atoms with Gasteiger partial charge in [-0.1, -0.05) is 42.5 Å². The first-order valence-corrected chi connectivity index (χ1v) is 7.76. The van der Waals surface area contributed by atoms with Crippen molar-refractivity contribution in [2.75, 3.05) is 7.11 Å². The number of nitro groups is 1. The van der Waals surface area contributed by atoms with Gasteiger partial charge in [0.1, 0.15) is 18.1 Å². The second-order valence-electron chi connectivity index (χ2n) is 5.44. The summed E-state index contributed by atoms with van der Waals surface area (Å²) in [6, 6.07) is 19.3. The lowest BCUT2D eigenvalue weighted by Crippen LogP contribution is -1.95. The van der Waals surface area contributed by atoms with E-state index >= 15 is 0 Å². The molecule has 0 fully saturated rings. The molecule has 0 aliphatic rings. The molecule has 0 bridgehead atoms. The Morgan fingerprint density at radius 1 is 1.08 bits per heavy atom. The monoisotopic (exact) mass is 335 g/mol. The quantitative estimate of drug-likeness (QED) is 0.485. The number of fused-ring (bicyclic) bond motifs is 1.